The summed E-state index contributed by atoms with van der Waals surface area (Å²) in [7, 11) is 0. The first kappa shape index (κ1) is 12.7. The van der Waals surface area contributed by atoms with Crippen LogP contribution in [0.1, 0.15) is 43.5 Å². The van der Waals surface area contributed by atoms with E-state index in [9.17, 15) is 0 Å². The molecule has 102 valence electrons. The average molecular weight is 257 g/mol. The zero-order valence-electron chi connectivity index (χ0n) is 11.8. The first-order valence-electron chi connectivity index (χ1n) is 7.49. The van der Waals surface area contributed by atoms with Crippen molar-refractivity contribution < 1.29 is 0 Å². The predicted molar refractivity (Wildman–Crippen MR) is 78.3 cm³/mol. The molecule has 19 heavy (non-hydrogen) atoms. The molecule has 0 N–H and O–H groups in total. The van der Waals surface area contributed by atoms with Crippen LogP contribution in [0.4, 0.5) is 0 Å². The van der Waals surface area contributed by atoms with Crippen molar-refractivity contribution in [2.24, 2.45) is 0 Å². The molecule has 3 nitrogen and oxygen atoms in total. The first-order valence-corrected chi connectivity index (χ1v) is 7.49. The van der Waals surface area contributed by atoms with E-state index < -0.39 is 0 Å². The van der Waals surface area contributed by atoms with E-state index in [4.69, 9.17) is 0 Å². The van der Waals surface area contributed by atoms with Crippen LogP contribution in [0.25, 0.3) is 5.65 Å². The quantitative estimate of drug-likeness (QED) is 0.822. The molecule has 0 atom stereocenters. The number of pyridine rings is 1. The fraction of sp³-hybridized carbons (Fsp3) is 0.562. The SMILES string of the molecule is Cc1nc2ccccn2c1CN1CCCCCCC1. The molecule has 3 heterocycles. The normalized spacial score (nSPS) is 18.4. The highest BCUT2D eigenvalue weighted by Gasteiger charge is 2.13. The molecule has 2 aromatic heterocycles. The van der Waals surface area contributed by atoms with Crippen molar-refractivity contribution in [1.82, 2.24) is 14.3 Å². The maximum atomic E-state index is 4.66. The van der Waals surface area contributed by atoms with Gasteiger partial charge >= 0.3 is 0 Å². The number of rotatable bonds is 2. The summed E-state index contributed by atoms with van der Waals surface area (Å²) >= 11 is 0. The fourth-order valence-corrected chi connectivity index (χ4v) is 3.04. The second-order valence-corrected chi connectivity index (χ2v) is 5.62. The highest BCUT2D eigenvalue weighted by atomic mass is 15.1. The Morgan fingerprint density at radius 1 is 1.05 bits per heavy atom. The van der Waals surface area contributed by atoms with E-state index in [0.29, 0.717) is 0 Å². The molecular weight excluding hydrogens is 234 g/mol. The van der Waals surface area contributed by atoms with Crippen LogP contribution in [0.5, 0.6) is 0 Å². The monoisotopic (exact) mass is 257 g/mol. The zero-order valence-corrected chi connectivity index (χ0v) is 11.8. The topological polar surface area (TPSA) is 20.5 Å². The Morgan fingerprint density at radius 3 is 2.58 bits per heavy atom. The van der Waals surface area contributed by atoms with Crippen LogP contribution in [0, 0.1) is 6.92 Å². The van der Waals surface area contributed by atoms with E-state index in [1.807, 2.05) is 0 Å². The van der Waals surface area contributed by atoms with Gasteiger partial charge in [0.1, 0.15) is 5.65 Å². The molecule has 3 rings (SSSR count). The average Bonchev–Trinajstić information content (AvgIpc) is 2.69. The molecule has 0 aliphatic carbocycles. The molecule has 0 amide bonds. The van der Waals surface area contributed by atoms with Crippen LogP contribution in [-0.4, -0.2) is 27.4 Å². The summed E-state index contributed by atoms with van der Waals surface area (Å²) in [6.45, 7) is 5.64. The van der Waals surface area contributed by atoms with Gasteiger partial charge in [-0.3, -0.25) is 4.90 Å². The molecule has 3 heteroatoms. The molecule has 0 spiro atoms. The summed E-state index contributed by atoms with van der Waals surface area (Å²) in [5, 5.41) is 0. The predicted octanol–water partition coefficient (Wildman–Crippen LogP) is 3.41. The molecule has 1 aliphatic heterocycles. The lowest BCUT2D eigenvalue weighted by Gasteiger charge is -2.24. The Kier molecular flexibility index (Phi) is 3.83. The molecular formula is C16H23N3. The standard InChI is InChI=1S/C16H23N3/c1-14-15(19-12-8-5-9-16(19)17-14)13-18-10-6-3-2-4-7-11-18/h5,8-9,12H,2-4,6-7,10-11,13H2,1H3. The van der Waals surface area contributed by atoms with Crippen LogP contribution >= 0.6 is 0 Å². The van der Waals surface area contributed by atoms with Crippen molar-refractivity contribution in [3.8, 4) is 0 Å². The van der Waals surface area contributed by atoms with Gasteiger partial charge in [0, 0.05) is 12.7 Å². The van der Waals surface area contributed by atoms with Gasteiger partial charge in [-0.15, -0.1) is 0 Å². The first-order chi connectivity index (χ1) is 9.34. The third-order valence-corrected chi connectivity index (χ3v) is 4.15. The molecule has 0 aromatic carbocycles. The van der Waals surface area contributed by atoms with Crippen molar-refractivity contribution in [3.63, 3.8) is 0 Å². The Morgan fingerprint density at radius 2 is 1.79 bits per heavy atom. The van der Waals surface area contributed by atoms with Crippen LogP contribution in [0.3, 0.4) is 0 Å². The van der Waals surface area contributed by atoms with Crippen molar-refractivity contribution >= 4 is 5.65 Å². The minimum Gasteiger partial charge on any atom is -0.302 e. The number of hydrogen-bond donors (Lipinski definition) is 0. The maximum absolute atomic E-state index is 4.66. The van der Waals surface area contributed by atoms with Gasteiger partial charge < -0.3 is 4.40 Å². The summed E-state index contributed by atoms with van der Waals surface area (Å²) in [6, 6.07) is 6.23. The van der Waals surface area contributed by atoms with Crippen molar-refractivity contribution in [1.29, 1.82) is 0 Å². The summed E-state index contributed by atoms with van der Waals surface area (Å²) in [4.78, 5) is 7.26. The molecule has 0 radical (unpaired) electrons. The molecule has 2 aromatic rings. The third-order valence-electron chi connectivity index (χ3n) is 4.15. The van der Waals surface area contributed by atoms with Gasteiger partial charge in [-0.25, -0.2) is 4.98 Å². The number of nitrogens with zero attached hydrogens (tertiary/aromatic N) is 3. The number of hydrogen-bond acceptors (Lipinski definition) is 2. The Labute approximate surface area is 115 Å². The van der Waals surface area contributed by atoms with Crippen LogP contribution in [-0.2, 0) is 6.54 Å². The van der Waals surface area contributed by atoms with Gasteiger partial charge in [0.25, 0.3) is 0 Å². The largest absolute Gasteiger partial charge is 0.302 e. The van der Waals surface area contributed by atoms with Gasteiger partial charge in [-0.05, 0) is 45.0 Å². The van der Waals surface area contributed by atoms with E-state index >= 15 is 0 Å². The minimum atomic E-state index is 1.04. The summed E-state index contributed by atoms with van der Waals surface area (Å²) in [5.41, 5.74) is 3.60. The van der Waals surface area contributed by atoms with Gasteiger partial charge in [-0.2, -0.15) is 0 Å². The lowest BCUT2D eigenvalue weighted by atomic mass is 10.1. The summed E-state index contributed by atoms with van der Waals surface area (Å²) in [6.07, 6.45) is 9.02. The summed E-state index contributed by atoms with van der Waals surface area (Å²) < 4.78 is 2.24. The third kappa shape index (κ3) is 2.81. The molecule has 0 bridgehead atoms. The second-order valence-electron chi connectivity index (χ2n) is 5.62. The molecule has 0 unspecified atom stereocenters. The molecule has 1 aliphatic rings. The number of fused-ring (bicyclic) bond motifs is 1. The Balaban J connectivity index is 1.81. The van der Waals surface area contributed by atoms with E-state index in [0.717, 1.165) is 12.2 Å². The van der Waals surface area contributed by atoms with E-state index in [-0.39, 0.29) is 0 Å². The summed E-state index contributed by atoms with van der Waals surface area (Å²) in [5.74, 6) is 0. The van der Waals surface area contributed by atoms with Crippen LogP contribution in [0.15, 0.2) is 24.4 Å². The second kappa shape index (κ2) is 5.74. The van der Waals surface area contributed by atoms with E-state index in [1.165, 1.54) is 56.6 Å². The number of aryl methyl sites for hydroxylation is 1. The minimum absolute atomic E-state index is 1.04. The van der Waals surface area contributed by atoms with Gasteiger partial charge in [-0.1, -0.05) is 25.3 Å². The van der Waals surface area contributed by atoms with Crippen molar-refractivity contribution in [3.05, 3.63) is 35.8 Å². The molecule has 0 saturated carbocycles. The highest BCUT2D eigenvalue weighted by Crippen LogP contribution is 2.17. The molecule has 1 fully saturated rings. The zero-order chi connectivity index (χ0) is 13.1. The van der Waals surface area contributed by atoms with Crippen molar-refractivity contribution in [2.75, 3.05) is 13.1 Å². The Bertz CT molecular complexity index is 536. The molecule has 1 saturated heterocycles. The maximum Gasteiger partial charge on any atom is 0.137 e. The number of likely N-dealkylation sites (tertiary alicyclic amines) is 1. The lowest BCUT2D eigenvalue weighted by Crippen LogP contribution is -2.27. The Hall–Kier alpha value is -1.35. The van der Waals surface area contributed by atoms with Crippen LogP contribution in [0.2, 0.25) is 0 Å². The smallest absolute Gasteiger partial charge is 0.137 e. The van der Waals surface area contributed by atoms with E-state index in [2.05, 4.69) is 45.6 Å². The van der Waals surface area contributed by atoms with Gasteiger partial charge in [0.05, 0.1) is 11.4 Å². The number of aromatic nitrogens is 2. The number of imidazole rings is 1. The van der Waals surface area contributed by atoms with Crippen LogP contribution < -0.4 is 0 Å². The van der Waals surface area contributed by atoms with E-state index in [1.54, 1.807) is 0 Å². The highest BCUT2D eigenvalue weighted by molar-refractivity contribution is 5.42. The van der Waals surface area contributed by atoms with Gasteiger partial charge in [0.15, 0.2) is 0 Å². The van der Waals surface area contributed by atoms with Gasteiger partial charge in [0.2, 0.25) is 0 Å². The fourth-order valence-electron chi connectivity index (χ4n) is 3.04. The lowest BCUT2D eigenvalue weighted by molar-refractivity contribution is 0.236. The van der Waals surface area contributed by atoms with Crippen molar-refractivity contribution in [2.45, 2.75) is 45.6 Å².